The number of halogens is 2. The van der Waals surface area contributed by atoms with Crippen LogP contribution in [0.1, 0.15) is 32.1 Å². The SMILES string of the molecule is O=C1CNCCCN1CC1CCCC(F)(F)C1. The summed E-state index contributed by atoms with van der Waals surface area (Å²) < 4.78 is 26.5. The van der Waals surface area contributed by atoms with Gasteiger partial charge < -0.3 is 10.2 Å². The lowest BCUT2D eigenvalue weighted by molar-refractivity contribution is -0.131. The van der Waals surface area contributed by atoms with Gasteiger partial charge in [0.15, 0.2) is 0 Å². The van der Waals surface area contributed by atoms with E-state index in [4.69, 9.17) is 0 Å². The van der Waals surface area contributed by atoms with Crippen molar-refractivity contribution in [2.24, 2.45) is 5.92 Å². The van der Waals surface area contributed by atoms with Crippen LogP contribution in [0.5, 0.6) is 0 Å². The quantitative estimate of drug-likeness (QED) is 0.803. The zero-order valence-corrected chi connectivity index (χ0v) is 10.1. The predicted octanol–water partition coefficient (Wildman–Crippen LogP) is 1.63. The van der Waals surface area contributed by atoms with Crippen LogP contribution in [0, 0.1) is 5.92 Å². The maximum Gasteiger partial charge on any atom is 0.248 e. The number of nitrogens with zero attached hydrogens (tertiary/aromatic N) is 1. The molecule has 1 unspecified atom stereocenters. The number of rotatable bonds is 2. The van der Waals surface area contributed by atoms with Crippen molar-refractivity contribution in [3.05, 3.63) is 0 Å². The molecule has 2 fully saturated rings. The molecule has 1 amide bonds. The highest BCUT2D eigenvalue weighted by Gasteiger charge is 2.37. The number of carbonyl (C=O) groups excluding carboxylic acids is 1. The van der Waals surface area contributed by atoms with E-state index in [1.165, 1.54) is 0 Å². The normalized spacial score (nSPS) is 30.1. The summed E-state index contributed by atoms with van der Waals surface area (Å²) in [5, 5.41) is 3.04. The molecule has 1 aliphatic heterocycles. The van der Waals surface area contributed by atoms with Gasteiger partial charge in [-0.05, 0) is 31.7 Å². The number of hydrogen-bond donors (Lipinski definition) is 1. The topological polar surface area (TPSA) is 32.3 Å². The Balaban J connectivity index is 1.88. The Kier molecular flexibility index (Phi) is 3.97. The van der Waals surface area contributed by atoms with Crippen LogP contribution in [-0.4, -0.2) is 42.9 Å². The van der Waals surface area contributed by atoms with E-state index in [0.717, 1.165) is 19.4 Å². The molecule has 0 aromatic carbocycles. The van der Waals surface area contributed by atoms with Gasteiger partial charge in [0.2, 0.25) is 11.8 Å². The number of nitrogens with one attached hydrogen (secondary N) is 1. The molecular weight excluding hydrogens is 226 g/mol. The van der Waals surface area contributed by atoms with E-state index in [2.05, 4.69) is 5.32 Å². The smallest absolute Gasteiger partial charge is 0.248 e. The van der Waals surface area contributed by atoms with Crippen molar-refractivity contribution in [2.45, 2.75) is 38.0 Å². The van der Waals surface area contributed by atoms with Gasteiger partial charge in [-0.2, -0.15) is 0 Å². The summed E-state index contributed by atoms with van der Waals surface area (Å²) in [6, 6.07) is 0. The third-order valence-corrected chi connectivity index (χ3v) is 3.63. The van der Waals surface area contributed by atoms with Gasteiger partial charge in [0, 0.05) is 25.9 Å². The maximum absolute atomic E-state index is 13.3. The van der Waals surface area contributed by atoms with Gasteiger partial charge >= 0.3 is 0 Å². The molecule has 3 nitrogen and oxygen atoms in total. The average Bonchev–Trinajstić information content (AvgIpc) is 2.43. The number of hydrogen-bond acceptors (Lipinski definition) is 2. The van der Waals surface area contributed by atoms with Crippen molar-refractivity contribution in [1.29, 1.82) is 0 Å². The minimum Gasteiger partial charge on any atom is -0.341 e. The zero-order valence-electron chi connectivity index (χ0n) is 10.1. The summed E-state index contributed by atoms with van der Waals surface area (Å²) in [6.45, 7) is 2.40. The molecule has 2 aliphatic rings. The van der Waals surface area contributed by atoms with E-state index < -0.39 is 5.92 Å². The van der Waals surface area contributed by atoms with E-state index >= 15 is 0 Å². The van der Waals surface area contributed by atoms with Crippen LogP contribution in [0.25, 0.3) is 0 Å². The van der Waals surface area contributed by atoms with Crippen molar-refractivity contribution in [3.8, 4) is 0 Å². The molecule has 1 saturated carbocycles. The summed E-state index contributed by atoms with van der Waals surface area (Å²) in [7, 11) is 0. The summed E-state index contributed by atoms with van der Waals surface area (Å²) in [6.07, 6.45) is 2.28. The summed E-state index contributed by atoms with van der Waals surface area (Å²) in [4.78, 5) is 13.5. The van der Waals surface area contributed by atoms with Crippen molar-refractivity contribution in [1.82, 2.24) is 10.2 Å². The van der Waals surface area contributed by atoms with Gasteiger partial charge in [-0.15, -0.1) is 0 Å². The highest BCUT2D eigenvalue weighted by atomic mass is 19.3. The zero-order chi connectivity index (χ0) is 12.3. The average molecular weight is 246 g/mol. The molecule has 98 valence electrons. The Labute approximate surface area is 101 Å². The van der Waals surface area contributed by atoms with E-state index in [-0.39, 0.29) is 24.7 Å². The number of alkyl halides is 2. The highest BCUT2D eigenvalue weighted by molar-refractivity contribution is 5.78. The fraction of sp³-hybridized carbons (Fsp3) is 0.917. The first-order valence-corrected chi connectivity index (χ1v) is 6.43. The Bertz CT molecular complexity index is 284. The standard InChI is InChI=1S/C12H20F2N2O/c13-12(14)4-1-3-10(7-12)9-16-6-2-5-15-8-11(16)17/h10,15H,1-9H2. The van der Waals surface area contributed by atoms with Gasteiger partial charge in [-0.3, -0.25) is 4.79 Å². The van der Waals surface area contributed by atoms with E-state index in [1.54, 1.807) is 4.90 Å². The molecule has 0 bridgehead atoms. The summed E-state index contributed by atoms with van der Waals surface area (Å²) in [5.41, 5.74) is 0. The molecule has 1 aliphatic carbocycles. The summed E-state index contributed by atoms with van der Waals surface area (Å²) >= 11 is 0. The Morgan fingerprint density at radius 1 is 1.41 bits per heavy atom. The van der Waals surface area contributed by atoms with Gasteiger partial charge in [-0.1, -0.05) is 0 Å². The Morgan fingerprint density at radius 3 is 3.00 bits per heavy atom. The Morgan fingerprint density at radius 2 is 2.24 bits per heavy atom. The van der Waals surface area contributed by atoms with Crippen LogP contribution >= 0.6 is 0 Å². The van der Waals surface area contributed by atoms with Crippen LogP contribution in [0.3, 0.4) is 0 Å². The lowest BCUT2D eigenvalue weighted by Gasteiger charge is -2.32. The van der Waals surface area contributed by atoms with E-state index in [1.807, 2.05) is 0 Å². The van der Waals surface area contributed by atoms with Crippen molar-refractivity contribution < 1.29 is 13.6 Å². The van der Waals surface area contributed by atoms with Crippen LogP contribution in [0.2, 0.25) is 0 Å². The fourth-order valence-corrected chi connectivity index (χ4v) is 2.76. The predicted molar refractivity (Wildman–Crippen MR) is 61.0 cm³/mol. The lowest BCUT2D eigenvalue weighted by Crippen LogP contribution is -2.40. The molecule has 17 heavy (non-hydrogen) atoms. The first kappa shape index (κ1) is 12.7. The van der Waals surface area contributed by atoms with Crippen LogP contribution in [0.4, 0.5) is 8.78 Å². The number of carbonyl (C=O) groups is 1. The van der Waals surface area contributed by atoms with Crippen LogP contribution in [-0.2, 0) is 4.79 Å². The fourth-order valence-electron chi connectivity index (χ4n) is 2.76. The molecule has 1 atom stereocenters. The van der Waals surface area contributed by atoms with E-state index in [0.29, 0.717) is 26.1 Å². The molecule has 0 radical (unpaired) electrons. The second-order valence-electron chi connectivity index (χ2n) is 5.19. The minimum atomic E-state index is -2.52. The van der Waals surface area contributed by atoms with Gasteiger partial charge in [0.1, 0.15) is 0 Å². The molecule has 1 N–H and O–H groups in total. The van der Waals surface area contributed by atoms with E-state index in [9.17, 15) is 13.6 Å². The molecular formula is C12H20F2N2O. The third-order valence-electron chi connectivity index (χ3n) is 3.63. The molecule has 2 rings (SSSR count). The van der Waals surface area contributed by atoms with Crippen molar-refractivity contribution in [2.75, 3.05) is 26.2 Å². The second kappa shape index (κ2) is 5.29. The maximum atomic E-state index is 13.3. The molecule has 5 heteroatoms. The van der Waals surface area contributed by atoms with Crippen LogP contribution in [0.15, 0.2) is 0 Å². The largest absolute Gasteiger partial charge is 0.341 e. The highest BCUT2D eigenvalue weighted by Crippen LogP contribution is 2.36. The molecule has 1 heterocycles. The second-order valence-corrected chi connectivity index (χ2v) is 5.19. The summed E-state index contributed by atoms with van der Waals surface area (Å²) in [5.74, 6) is -2.49. The molecule has 0 aromatic heterocycles. The lowest BCUT2D eigenvalue weighted by atomic mass is 9.86. The molecule has 1 saturated heterocycles. The van der Waals surface area contributed by atoms with Gasteiger partial charge in [0.25, 0.3) is 0 Å². The molecule has 0 spiro atoms. The monoisotopic (exact) mass is 246 g/mol. The number of amides is 1. The van der Waals surface area contributed by atoms with Crippen molar-refractivity contribution in [3.63, 3.8) is 0 Å². The first-order chi connectivity index (χ1) is 8.07. The first-order valence-electron chi connectivity index (χ1n) is 6.43. The van der Waals surface area contributed by atoms with Gasteiger partial charge in [-0.25, -0.2) is 8.78 Å². The minimum absolute atomic E-state index is 0.0129. The van der Waals surface area contributed by atoms with Gasteiger partial charge in [0.05, 0.1) is 6.54 Å². The third kappa shape index (κ3) is 3.63. The van der Waals surface area contributed by atoms with Crippen molar-refractivity contribution >= 4 is 5.91 Å². The molecule has 0 aromatic rings. The van der Waals surface area contributed by atoms with Crippen LogP contribution < -0.4 is 5.32 Å². The Hall–Kier alpha value is -0.710.